The third kappa shape index (κ3) is 14.6. The number of benzene rings is 2. The molecule has 0 bridgehead atoms. The standard InChI is InChI=1S/C15H24N2O.C14H23N3O.CH4.H2/c1-4-11-17(3)12-10-16-15(18)13(2)14-8-6-5-7-9-14;1-3-10-17(2)11-9-16-14(18)13(15)12-7-5-4-6-8-12;;/h5-9,13H,4,10-12H2,1-3H3,(H,16,18);4-8,13H,3,9-11,15H2,1-2H3,(H,16,18);1H4;1H/t2*13-;;/m00../s1. The van der Waals surface area contributed by atoms with Crippen LogP contribution >= 0.6 is 0 Å². The Morgan fingerprint density at radius 2 is 1.16 bits per heavy atom. The van der Waals surface area contributed by atoms with Gasteiger partial charge in [0.25, 0.3) is 0 Å². The van der Waals surface area contributed by atoms with Gasteiger partial charge in [-0.2, -0.15) is 0 Å². The number of hydrogen-bond donors (Lipinski definition) is 3. The van der Waals surface area contributed by atoms with Crippen molar-refractivity contribution < 1.29 is 11.0 Å². The number of rotatable bonds is 14. The summed E-state index contributed by atoms with van der Waals surface area (Å²) in [6.07, 6.45) is 2.26. The molecular weight excluding hydrogens is 462 g/mol. The van der Waals surface area contributed by atoms with Crippen LogP contribution in [0.3, 0.4) is 0 Å². The van der Waals surface area contributed by atoms with E-state index in [1.807, 2.05) is 74.6 Å². The number of amides is 2. The average Bonchev–Trinajstić information content (AvgIpc) is 2.89. The molecule has 0 aliphatic carbocycles. The number of likely N-dealkylation sites (N-methyl/N-ethyl adjacent to an activating group) is 2. The van der Waals surface area contributed by atoms with E-state index in [0.29, 0.717) is 13.1 Å². The van der Waals surface area contributed by atoms with Crippen molar-refractivity contribution in [2.24, 2.45) is 5.73 Å². The molecule has 7 heteroatoms. The summed E-state index contributed by atoms with van der Waals surface area (Å²) in [4.78, 5) is 28.2. The van der Waals surface area contributed by atoms with Gasteiger partial charge in [-0.05, 0) is 58.1 Å². The molecule has 0 heterocycles. The van der Waals surface area contributed by atoms with E-state index in [9.17, 15) is 9.59 Å². The van der Waals surface area contributed by atoms with Crippen LogP contribution in [0.4, 0.5) is 0 Å². The molecule has 0 saturated carbocycles. The lowest BCUT2D eigenvalue weighted by Gasteiger charge is -2.17. The smallest absolute Gasteiger partial charge is 0.241 e. The van der Waals surface area contributed by atoms with Crippen molar-refractivity contribution in [3.63, 3.8) is 0 Å². The fraction of sp³-hybridized carbons (Fsp3) is 0.533. The van der Waals surface area contributed by atoms with Crippen LogP contribution in [0.25, 0.3) is 0 Å². The lowest BCUT2D eigenvalue weighted by Crippen LogP contribution is -2.38. The molecule has 0 spiro atoms. The van der Waals surface area contributed by atoms with E-state index in [4.69, 9.17) is 5.73 Å². The summed E-state index contributed by atoms with van der Waals surface area (Å²) in [5.74, 6) is -0.0973. The monoisotopic (exact) mass is 515 g/mol. The van der Waals surface area contributed by atoms with Crippen LogP contribution in [0, 0.1) is 0 Å². The molecule has 0 aliphatic heterocycles. The molecule has 4 N–H and O–H groups in total. The van der Waals surface area contributed by atoms with Gasteiger partial charge in [-0.3, -0.25) is 9.59 Å². The normalized spacial score (nSPS) is 12.1. The first-order valence-electron chi connectivity index (χ1n) is 13.1. The van der Waals surface area contributed by atoms with Crippen LogP contribution in [0.2, 0.25) is 0 Å². The average molecular weight is 516 g/mol. The van der Waals surface area contributed by atoms with Gasteiger partial charge in [-0.25, -0.2) is 0 Å². The van der Waals surface area contributed by atoms with Gasteiger partial charge in [-0.1, -0.05) is 81.9 Å². The van der Waals surface area contributed by atoms with E-state index in [-0.39, 0.29) is 26.6 Å². The molecule has 2 atom stereocenters. The zero-order chi connectivity index (χ0) is 26.8. The highest BCUT2D eigenvalue weighted by molar-refractivity contribution is 5.83. The zero-order valence-electron chi connectivity index (χ0n) is 22.9. The maximum absolute atomic E-state index is 12.0. The van der Waals surface area contributed by atoms with Crippen molar-refractivity contribution in [2.45, 2.75) is 53.0 Å². The van der Waals surface area contributed by atoms with Gasteiger partial charge in [0.05, 0.1) is 5.92 Å². The van der Waals surface area contributed by atoms with Gasteiger partial charge in [0.15, 0.2) is 0 Å². The lowest BCUT2D eigenvalue weighted by atomic mass is 10.0. The molecular formula is C30H53N5O2. The van der Waals surface area contributed by atoms with Crippen molar-refractivity contribution >= 4 is 11.8 Å². The minimum atomic E-state index is -0.581. The third-order valence-electron chi connectivity index (χ3n) is 5.93. The second-order valence-corrected chi connectivity index (χ2v) is 9.21. The molecule has 2 amide bonds. The summed E-state index contributed by atoms with van der Waals surface area (Å²) in [5.41, 5.74) is 7.80. The second kappa shape index (κ2) is 20.3. The highest BCUT2D eigenvalue weighted by atomic mass is 16.2. The Morgan fingerprint density at radius 1 is 0.757 bits per heavy atom. The van der Waals surface area contributed by atoms with Crippen LogP contribution in [-0.4, -0.2) is 75.0 Å². The molecule has 2 aromatic carbocycles. The maximum Gasteiger partial charge on any atom is 0.241 e. The molecule has 0 fully saturated rings. The van der Waals surface area contributed by atoms with Crippen molar-refractivity contribution in [3.8, 4) is 0 Å². The zero-order valence-corrected chi connectivity index (χ0v) is 22.9. The largest absolute Gasteiger partial charge is 0.354 e. The number of nitrogens with two attached hydrogens (primary N) is 1. The maximum atomic E-state index is 12.0. The van der Waals surface area contributed by atoms with Gasteiger partial charge < -0.3 is 26.2 Å². The van der Waals surface area contributed by atoms with Gasteiger partial charge in [0, 0.05) is 27.6 Å². The molecule has 0 aromatic heterocycles. The summed E-state index contributed by atoms with van der Waals surface area (Å²) in [6.45, 7) is 11.5. The summed E-state index contributed by atoms with van der Waals surface area (Å²) >= 11 is 0. The molecule has 0 radical (unpaired) electrons. The van der Waals surface area contributed by atoms with Gasteiger partial charge in [-0.15, -0.1) is 0 Å². The van der Waals surface area contributed by atoms with E-state index < -0.39 is 6.04 Å². The summed E-state index contributed by atoms with van der Waals surface area (Å²) in [5, 5.41) is 5.85. The molecule has 7 nitrogen and oxygen atoms in total. The fourth-order valence-corrected chi connectivity index (χ4v) is 3.69. The predicted molar refractivity (Wildman–Crippen MR) is 159 cm³/mol. The van der Waals surface area contributed by atoms with E-state index in [1.165, 1.54) is 0 Å². The van der Waals surface area contributed by atoms with Crippen molar-refractivity contribution in [3.05, 3.63) is 71.8 Å². The number of nitrogens with one attached hydrogen (secondary N) is 2. The first kappa shape index (κ1) is 34.3. The number of hydrogen-bond acceptors (Lipinski definition) is 5. The molecule has 210 valence electrons. The Bertz CT molecular complexity index is 783. The van der Waals surface area contributed by atoms with Crippen molar-refractivity contribution in [1.82, 2.24) is 20.4 Å². The van der Waals surface area contributed by atoms with Gasteiger partial charge in [0.2, 0.25) is 11.8 Å². The van der Waals surface area contributed by atoms with Crippen molar-refractivity contribution in [2.75, 3.05) is 53.4 Å². The highest BCUT2D eigenvalue weighted by Crippen LogP contribution is 2.14. The van der Waals surface area contributed by atoms with Crippen LogP contribution in [0.5, 0.6) is 0 Å². The Hall–Kier alpha value is -2.74. The van der Waals surface area contributed by atoms with Crippen LogP contribution in [0.1, 0.15) is 65.6 Å². The Labute approximate surface area is 227 Å². The first-order chi connectivity index (χ1) is 17.3. The SMILES string of the molecule is C.CCCN(C)CCNC(=O)[C@@H](C)c1ccccc1.CCCN(C)CCNC(=O)[C@@H](N)c1ccccc1.[HH]. The topological polar surface area (TPSA) is 90.7 Å². The minimum absolute atomic E-state index is 0. The Kier molecular flexibility index (Phi) is 18.8. The fourth-order valence-electron chi connectivity index (χ4n) is 3.69. The molecule has 0 unspecified atom stereocenters. The summed E-state index contributed by atoms with van der Waals surface area (Å²) < 4.78 is 0. The van der Waals surface area contributed by atoms with E-state index in [1.54, 1.807) is 0 Å². The van der Waals surface area contributed by atoms with Gasteiger partial charge >= 0.3 is 0 Å². The number of carbonyl (C=O) groups excluding carboxylic acids is 2. The molecule has 2 aromatic rings. The molecule has 0 aliphatic rings. The molecule has 2 rings (SSSR count). The van der Waals surface area contributed by atoms with E-state index in [2.05, 4.69) is 41.3 Å². The van der Waals surface area contributed by atoms with E-state index >= 15 is 0 Å². The van der Waals surface area contributed by atoms with Crippen LogP contribution in [-0.2, 0) is 9.59 Å². The predicted octanol–water partition coefficient (Wildman–Crippen LogP) is 4.27. The second-order valence-electron chi connectivity index (χ2n) is 9.21. The summed E-state index contributed by atoms with van der Waals surface area (Å²) in [6, 6.07) is 18.7. The lowest BCUT2D eigenvalue weighted by molar-refractivity contribution is -0.123. The van der Waals surface area contributed by atoms with Crippen LogP contribution < -0.4 is 16.4 Å². The highest BCUT2D eigenvalue weighted by Gasteiger charge is 2.15. The Balaban J connectivity index is 0. The van der Waals surface area contributed by atoms with Crippen LogP contribution in [0.15, 0.2) is 60.7 Å². The minimum Gasteiger partial charge on any atom is -0.354 e. The molecule has 0 saturated heterocycles. The van der Waals surface area contributed by atoms with Gasteiger partial charge in [0.1, 0.15) is 6.04 Å². The third-order valence-corrected chi connectivity index (χ3v) is 5.93. The Morgan fingerprint density at radius 3 is 1.59 bits per heavy atom. The van der Waals surface area contributed by atoms with E-state index in [0.717, 1.165) is 50.1 Å². The summed E-state index contributed by atoms with van der Waals surface area (Å²) in [7, 11) is 4.13. The number of carbonyl (C=O) groups is 2. The first-order valence-corrected chi connectivity index (χ1v) is 13.1. The number of nitrogens with zero attached hydrogens (tertiary/aromatic N) is 2. The van der Waals surface area contributed by atoms with Crippen molar-refractivity contribution in [1.29, 1.82) is 0 Å². The quantitative estimate of drug-likeness (QED) is 0.349. The molecule has 37 heavy (non-hydrogen) atoms.